The normalized spacial score (nSPS) is 39.6. The topological polar surface area (TPSA) is 149 Å². The Labute approximate surface area is 190 Å². The summed E-state index contributed by atoms with van der Waals surface area (Å²) in [5, 5.41) is 23.0. The summed E-state index contributed by atoms with van der Waals surface area (Å²) in [5.74, 6) is -0.572. The zero-order valence-corrected chi connectivity index (χ0v) is 19.4. The Morgan fingerprint density at radius 1 is 1.47 bits per heavy atom. The van der Waals surface area contributed by atoms with Gasteiger partial charge in [-0.25, -0.2) is 4.57 Å². The number of aliphatic hydroxyl groups excluding tert-OH is 2. The summed E-state index contributed by atoms with van der Waals surface area (Å²) < 4.78 is 44.9. The third-order valence-corrected chi connectivity index (χ3v) is 7.13. The molecule has 10 nitrogen and oxygen atoms in total. The Hall–Kier alpha value is 0.0600. The molecule has 0 aromatic heterocycles. The molecule has 30 heavy (non-hydrogen) atoms. The number of hydrogen-bond acceptors (Lipinski definition) is 8. The molecule has 0 aliphatic carbocycles. The second kappa shape index (κ2) is 10.8. The number of likely N-dealkylation sites (tertiary alicyclic amines) is 1. The number of ether oxygens (including phenoxy) is 1. The van der Waals surface area contributed by atoms with Gasteiger partial charge in [-0.2, -0.15) is 0 Å². The van der Waals surface area contributed by atoms with Gasteiger partial charge in [-0.1, -0.05) is 13.3 Å². The summed E-state index contributed by atoms with van der Waals surface area (Å²) >= 11 is 7.27. The quantitative estimate of drug-likeness (QED) is 0.233. The molecule has 2 heterocycles. The van der Waals surface area contributed by atoms with Crippen molar-refractivity contribution in [3.05, 3.63) is 0 Å². The van der Waals surface area contributed by atoms with E-state index in [1.807, 2.05) is 6.92 Å². The monoisotopic (exact) mass is 493 g/mol. The van der Waals surface area contributed by atoms with E-state index in [1.54, 1.807) is 6.26 Å². The lowest BCUT2D eigenvalue weighted by Crippen LogP contribution is -2.65. The van der Waals surface area contributed by atoms with Crippen molar-refractivity contribution < 1.29 is 42.7 Å². The van der Waals surface area contributed by atoms with Gasteiger partial charge < -0.3 is 30.1 Å². The predicted molar refractivity (Wildman–Crippen MR) is 113 cm³/mol. The Morgan fingerprint density at radius 3 is 2.63 bits per heavy atom. The van der Waals surface area contributed by atoms with Crippen LogP contribution in [-0.4, -0.2) is 97.9 Å². The first-order valence-electron chi connectivity index (χ1n) is 11.1. The number of carbonyl (C=O) groups excluding carboxylic acids is 1. The molecule has 5 N–H and O–H groups in total. The molecule has 0 aromatic carbocycles. The number of hydrogen-bond donors (Lipinski definition) is 5. The third kappa shape index (κ3) is 6.31. The lowest BCUT2D eigenvalue weighted by Gasteiger charge is -2.45. The number of nitrogens with zero attached hydrogens (tertiary/aromatic N) is 1. The number of nitrogens with one attached hydrogen (secondary N) is 1. The molecule has 0 radical (unpaired) electrons. The molecular weight excluding hydrogens is 459 g/mol. The first-order chi connectivity index (χ1) is 15.1. The molecule has 2 fully saturated rings. The SMILES string of the molecule is [2H]C([2H])([2H])N1C[C@H](CC)CC1C(=O)N[C@@H]([C@H]1O[C@H](SC)C(OP(=O)(O)O)C(O)[C@H]1O)[C@H](C)Cl. The van der Waals surface area contributed by atoms with Crippen molar-refractivity contribution in [1.29, 1.82) is 0 Å². The van der Waals surface area contributed by atoms with Gasteiger partial charge in [-0.3, -0.25) is 14.2 Å². The molecule has 0 aromatic rings. The van der Waals surface area contributed by atoms with Crippen molar-refractivity contribution in [2.24, 2.45) is 5.92 Å². The fraction of sp³-hybridized carbons (Fsp3) is 0.941. The van der Waals surface area contributed by atoms with Gasteiger partial charge in [0.2, 0.25) is 5.91 Å². The molecule has 13 heteroatoms. The highest BCUT2D eigenvalue weighted by Gasteiger charge is 2.51. The lowest BCUT2D eigenvalue weighted by molar-refractivity contribution is -0.201. The molecule has 2 aliphatic heterocycles. The molecular formula is C17H32ClN2O8PS. The van der Waals surface area contributed by atoms with Gasteiger partial charge in [0.15, 0.2) is 0 Å². The summed E-state index contributed by atoms with van der Waals surface area (Å²) in [6.45, 7) is 1.22. The second-order valence-electron chi connectivity index (χ2n) is 7.64. The van der Waals surface area contributed by atoms with Crippen molar-refractivity contribution >= 4 is 37.1 Å². The molecule has 0 spiro atoms. The van der Waals surface area contributed by atoms with Crippen LogP contribution in [0.5, 0.6) is 0 Å². The number of phosphoric acid groups is 1. The predicted octanol–water partition coefficient (Wildman–Crippen LogP) is 0.116. The van der Waals surface area contributed by atoms with Crippen LogP contribution in [0, 0.1) is 5.92 Å². The number of rotatable bonds is 8. The third-order valence-electron chi connectivity index (χ3n) is 5.50. The van der Waals surface area contributed by atoms with Gasteiger partial charge in [0, 0.05) is 10.7 Å². The van der Waals surface area contributed by atoms with E-state index < -0.39 is 68.0 Å². The maximum absolute atomic E-state index is 13.1. The van der Waals surface area contributed by atoms with Crippen molar-refractivity contribution in [3.8, 4) is 0 Å². The summed E-state index contributed by atoms with van der Waals surface area (Å²) in [6.07, 6.45) is -3.65. The van der Waals surface area contributed by atoms with E-state index in [-0.39, 0.29) is 12.5 Å². The highest BCUT2D eigenvalue weighted by molar-refractivity contribution is 7.99. The van der Waals surface area contributed by atoms with Gasteiger partial charge in [-0.15, -0.1) is 23.4 Å². The number of amides is 1. The summed E-state index contributed by atoms with van der Waals surface area (Å²) in [4.78, 5) is 32.5. The zero-order chi connectivity index (χ0) is 25.3. The molecule has 1 amide bonds. The maximum Gasteiger partial charge on any atom is 0.470 e. The number of carbonyl (C=O) groups is 1. The molecule has 2 aliphatic rings. The number of alkyl halides is 1. The molecule has 0 saturated carbocycles. The van der Waals surface area contributed by atoms with Crippen molar-refractivity contribution in [2.75, 3.05) is 19.8 Å². The minimum absolute atomic E-state index is 0.0258. The maximum atomic E-state index is 13.1. The van der Waals surface area contributed by atoms with Crippen LogP contribution in [0.15, 0.2) is 0 Å². The van der Waals surface area contributed by atoms with E-state index in [0.29, 0.717) is 12.8 Å². The summed E-state index contributed by atoms with van der Waals surface area (Å²) in [6, 6.07) is -1.98. The summed E-state index contributed by atoms with van der Waals surface area (Å²) in [7, 11) is -5.00. The standard InChI is InChI=1S/C17H32ClN2O8PS/c1-5-9-6-10(20(3)7-9)16(23)19-11(8(2)18)14-12(21)13(22)15(17(27-14)30-4)28-29(24,25)26/h8-15,17,21-22H,5-7H2,1-4H3,(H,19,23)(H2,24,25,26)/t8-,9+,10?,11+,12+,13?,14+,15?,17+/m0/s1/i3D3. The second-order valence-corrected chi connectivity index (χ2v) is 10.5. The van der Waals surface area contributed by atoms with Crippen molar-refractivity contribution in [2.45, 2.75) is 74.0 Å². The Morgan fingerprint density at radius 2 is 2.13 bits per heavy atom. The molecule has 176 valence electrons. The van der Waals surface area contributed by atoms with Gasteiger partial charge >= 0.3 is 7.82 Å². The smallest absolute Gasteiger partial charge is 0.388 e. The molecule has 3 unspecified atom stereocenters. The minimum Gasteiger partial charge on any atom is -0.388 e. The molecule has 0 bridgehead atoms. The largest absolute Gasteiger partial charge is 0.470 e. The Bertz CT molecular complexity index is 731. The Balaban J connectivity index is 2.24. The van der Waals surface area contributed by atoms with E-state index in [1.165, 1.54) is 6.92 Å². The van der Waals surface area contributed by atoms with Crippen LogP contribution < -0.4 is 5.32 Å². The van der Waals surface area contributed by atoms with Crippen LogP contribution in [0.4, 0.5) is 0 Å². The average molecular weight is 494 g/mol. The number of aliphatic hydroxyl groups is 2. The molecule has 9 atom stereocenters. The van der Waals surface area contributed by atoms with Gasteiger partial charge in [0.05, 0.1) is 17.5 Å². The number of thioether (sulfide) groups is 1. The number of likely N-dealkylation sites (N-methyl/N-ethyl adjacent to an activating group) is 1. The van der Waals surface area contributed by atoms with E-state index >= 15 is 0 Å². The minimum atomic E-state index is -5.00. The van der Waals surface area contributed by atoms with E-state index in [9.17, 15) is 19.6 Å². The van der Waals surface area contributed by atoms with Gasteiger partial charge in [-0.05, 0) is 32.5 Å². The van der Waals surface area contributed by atoms with Crippen molar-refractivity contribution in [1.82, 2.24) is 10.2 Å². The van der Waals surface area contributed by atoms with Gasteiger partial charge in [0.1, 0.15) is 29.9 Å². The highest BCUT2D eigenvalue weighted by atomic mass is 35.5. The van der Waals surface area contributed by atoms with Crippen LogP contribution in [0.3, 0.4) is 0 Å². The fourth-order valence-corrected chi connectivity index (χ4v) is 5.37. The van der Waals surface area contributed by atoms with Gasteiger partial charge in [0.25, 0.3) is 0 Å². The van der Waals surface area contributed by atoms with E-state index in [4.69, 9.17) is 30.2 Å². The van der Waals surface area contributed by atoms with Crippen LogP contribution >= 0.6 is 31.2 Å². The summed E-state index contributed by atoms with van der Waals surface area (Å²) in [5.41, 5.74) is -1.09. The van der Waals surface area contributed by atoms with E-state index in [2.05, 4.69) is 9.84 Å². The van der Waals surface area contributed by atoms with Crippen molar-refractivity contribution in [3.63, 3.8) is 0 Å². The van der Waals surface area contributed by atoms with Crippen LogP contribution in [0.2, 0.25) is 0 Å². The van der Waals surface area contributed by atoms with Crippen LogP contribution in [0.25, 0.3) is 0 Å². The van der Waals surface area contributed by atoms with Crippen LogP contribution in [-0.2, 0) is 18.6 Å². The highest BCUT2D eigenvalue weighted by Crippen LogP contribution is 2.43. The molecule has 2 saturated heterocycles. The van der Waals surface area contributed by atoms with Crippen LogP contribution in [0.1, 0.15) is 30.8 Å². The fourth-order valence-electron chi connectivity index (χ4n) is 3.81. The zero-order valence-electron chi connectivity index (χ0n) is 19.9. The lowest BCUT2D eigenvalue weighted by atomic mass is 9.92. The molecule has 2 rings (SSSR count). The Kier molecular flexibility index (Phi) is 7.87. The average Bonchev–Trinajstić information content (AvgIpc) is 3.14. The van der Waals surface area contributed by atoms with E-state index in [0.717, 1.165) is 16.7 Å². The first kappa shape index (κ1) is 21.9. The number of halogens is 1. The number of phosphoric ester groups is 1. The first-order valence-corrected chi connectivity index (χ1v) is 12.9.